The molecule has 0 aliphatic carbocycles. The Hall–Kier alpha value is -2.02. The molecule has 0 spiro atoms. The summed E-state index contributed by atoms with van der Waals surface area (Å²) in [6.45, 7) is 0. The summed E-state index contributed by atoms with van der Waals surface area (Å²) in [5.41, 5.74) is 5.79. The highest BCUT2D eigenvalue weighted by molar-refractivity contribution is 9.10. The zero-order valence-electron chi connectivity index (χ0n) is 10.4. The first-order valence-corrected chi connectivity index (χ1v) is 6.52. The second-order valence-corrected chi connectivity index (χ2v) is 5.02. The minimum Gasteiger partial charge on any atom is -0.405 e. The van der Waals surface area contributed by atoms with Crippen molar-refractivity contribution in [2.24, 2.45) is 0 Å². The van der Waals surface area contributed by atoms with Crippen molar-refractivity contribution in [3.63, 3.8) is 0 Å². The molecule has 0 heterocycles. The highest BCUT2D eigenvalue weighted by Gasteiger charge is 2.33. The third-order valence-corrected chi connectivity index (χ3v) is 3.11. The molecule has 2 rings (SSSR count). The van der Waals surface area contributed by atoms with E-state index in [0.29, 0.717) is 4.47 Å². The van der Waals surface area contributed by atoms with Crippen LogP contribution < -0.4 is 10.5 Å². The molecule has 0 aliphatic heterocycles. The average molecular weight is 360 g/mol. The minimum atomic E-state index is -4.87. The molecule has 0 fully saturated rings. The van der Waals surface area contributed by atoms with E-state index in [1.807, 2.05) is 0 Å². The van der Waals surface area contributed by atoms with Gasteiger partial charge >= 0.3 is 6.36 Å². The predicted octanol–water partition coefficient (Wildman–Crippen LogP) is 4.16. The first-order chi connectivity index (χ1) is 9.78. The normalized spacial score (nSPS) is 11.2. The fourth-order valence-corrected chi connectivity index (χ4v) is 2.13. The van der Waals surface area contributed by atoms with Gasteiger partial charge in [0.1, 0.15) is 5.75 Å². The number of anilines is 1. The van der Waals surface area contributed by atoms with Crippen LogP contribution in [0, 0.1) is 0 Å². The van der Waals surface area contributed by atoms with Gasteiger partial charge in [-0.3, -0.25) is 4.79 Å². The molecular weight excluding hydrogens is 351 g/mol. The van der Waals surface area contributed by atoms with Crippen LogP contribution in [0.1, 0.15) is 15.9 Å². The SMILES string of the molecule is Nc1cc(Br)ccc1C(=O)c1ccccc1OC(F)(F)F. The number of ether oxygens (including phenoxy) is 1. The molecular formula is C14H9BrF3NO2. The Bertz CT molecular complexity index is 686. The average Bonchev–Trinajstić information content (AvgIpc) is 2.36. The summed E-state index contributed by atoms with van der Waals surface area (Å²) in [6, 6.07) is 9.65. The van der Waals surface area contributed by atoms with Crippen LogP contribution in [0.3, 0.4) is 0 Å². The monoisotopic (exact) mass is 359 g/mol. The predicted molar refractivity (Wildman–Crippen MR) is 75.1 cm³/mol. The van der Waals surface area contributed by atoms with Crippen LogP contribution >= 0.6 is 15.9 Å². The van der Waals surface area contributed by atoms with Crippen molar-refractivity contribution in [3.05, 3.63) is 58.1 Å². The molecule has 0 atom stereocenters. The number of ketones is 1. The zero-order valence-corrected chi connectivity index (χ0v) is 12.0. The van der Waals surface area contributed by atoms with E-state index in [1.54, 1.807) is 6.07 Å². The molecule has 2 aromatic rings. The van der Waals surface area contributed by atoms with E-state index in [4.69, 9.17) is 5.73 Å². The van der Waals surface area contributed by atoms with Crippen LogP contribution in [0.4, 0.5) is 18.9 Å². The third-order valence-electron chi connectivity index (χ3n) is 2.62. The number of hydrogen-bond acceptors (Lipinski definition) is 3. The maximum absolute atomic E-state index is 12.4. The summed E-state index contributed by atoms with van der Waals surface area (Å²) in [7, 11) is 0. The molecule has 0 aliphatic rings. The molecule has 2 N–H and O–H groups in total. The van der Waals surface area contributed by atoms with Crippen molar-refractivity contribution >= 4 is 27.4 Å². The number of hydrogen-bond donors (Lipinski definition) is 1. The highest BCUT2D eigenvalue weighted by Crippen LogP contribution is 2.29. The summed E-state index contributed by atoms with van der Waals surface area (Å²) in [6.07, 6.45) is -4.87. The molecule has 0 bridgehead atoms. The number of nitrogens with two attached hydrogens (primary N) is 1. The van der Waals surface area contributed by atoms with Gasteiger partial charge in [-0.1, -0.05) is 28.1 Å². The van der Waals surface area contributed by atoms with Gasteiger partial charge in [-0.25, -0.2) is 0 Å². The Morgan fingerprint density at radius 3 is 2.38 bits per heavy atom. The number of benzene rings is 2. The van der Waals surface area contributed by atoms with Crippen LogP contribution in [0.5, 0.6) is 5.75 Å². The van der Waals surface area contributed by atoms with Gasteiger partial charge in [-0.15, -0.1) is 13.2 Å². The van der Waals surface area contributed by atoms with E-state index >= 15 is 0 Å². The number of rotatable bonds is 3. The molecule has 110 valence electrons. The zero-order chi connectivity index (χ0) is 15.6. The van der Waals surface area contributed by atoms with Crippen LogP contribution in [0.25, 0.3) is 0 Å². The van der Waals surface area contributed by atoms with Crippen LogP contribution in [0.2, 0.25) is 0 Å². The van der Waals surface area contributed by atoms with Gasteiger partial charge in [0.15, 0.2) is 5.78 Å². The van der Waals surface area contributed by atoms with Crippen molar-refractivity contribution < 1.29 is 22.7 Å². The Morgan fingerprint density at radius 2 is 1.76 bits per heavy atom. The van der Waals surface area contributed by atoms with E-state index < -0.39 is 17.9 Å². The molecule has 0 amide bonds. The van der Waals surface area contributed by atoms with E-state index in [1.165, 1.54) is 30.3 Å². The van der Waals surface area contributed by atoms with Crippen LogP contribution in [0.15, 0.2) is 46.9 Å². The second kappa shape index (κ2) is 5.77. The topological polar surface area (TPSA) is 52.3 Å². The van der Waals surface area contributed by atoms with Crippen LogP contribution in [-0.4, -0.2) is 12.1 Å². The molecule has 2 aromatic carbocycles. The number of nitrogen functional groups attached to an aromatic ring is 1. The molecule has 0 unspecified atom stereocenters. The van der Waals surface area contributed by atoms with Crippen molar-refractivity contribution in [3.8, 4) is 5.75 Å². The van der Waals surface area contributed by atoms with Gasteiger partial charge in [0.25, 0.3) is 0 Å². The lowest BCUT2D eigenvalue weighted by atomic mass is 10.0. The number of alkyl halides is 3. The largest absolute Gasteiger partial charge is 0.573 e. The van der Waals surface area contributed by atoms with E-state index in [-0.39, 0.29) is 16.8 Å². The van der Waals surface area contributed by atoms with E-state index in [2.05, 4.69) is 20.7 Å². The maximum atomic E-state index is 12.4. The fraction of sp³-hybridized carbons (Fsp3) is 0.0714. The van der Waals surface area contributed by atoms with Crippen molar-refractivity contribution in [1.29, 1.82) is 0 Å². The minimum absolute atomic E-state index is 0.108. The Morgan fingerprint density at radius 1 is 1.10 bits per heavy atom. The van der Waals surface area contributed by atoms with E-state index in [0.717, 1.165) is 6.07 Å². The molecule has 7 heteroatoms. The number of carbonyl (C=O) groups excluding carboxylic acids is 1. The lowest BCUT2D eigenvalue weighted by Crippen LogP contribution is -2.19. The molecule has 0 saturated heterocycles. The lowest BCUT2D eigenvalue weighted by molar-refractivity contribution is -0.274. The first-order valence-electron chi connectivity index (χ1n) is 5.72. The van der Waals surface area contributed by atoms with Crippen molar-refractivity contribution in [1.82, 2.24) is 0 Å². The van der Waals surface area contributed by atoms with Crippen LogP contribution in [-0.2, 0) is 0 Å². The maximum Gasteiger partial charge on any atom is 0.573 e. The Labute approximate surface area is 126 Å². The van der Waals surface area contributed by atoms with Crippen molar-refractivity contribution in [2.45, 2.75) is 6.36 Å². The molecule has 0 aromatic heterocycles. The molecule has 21 heavy (non-hydrogen) atoms. The fourth-order valence-electron chi connectivity index (χ4n) is 1.75. The molecule has 0 saturated carbocycles. The number of carbonyl (C=O) groups is 1. The molecule has 0 radical (unpaired) electrons. The van der Waals surface area contributed by atoms with E-state index in [9.17, 15) is 18.0 Å². The summed E-state index contributed by atoms with van der Waals surface area (Å²) < 4.78 is 41.6. The van der Waals surface area contributed by atoms with Gasteiger partial charge in [-0.2, -0.15) is 0 Å². The third kappa shape index (κ3) is 3.75. The summed E-state index contributed by atoms with van der Waals surface area (Å²) in [5, 5.41) is 0. The summed E-state index contributed by atoms with van der Waals surface area (Å²) >= 11 is 3.19. The standard InChI is InChI=1S/C14H9BrF3NO2/c15-8-5-6-9(11(19)7-8)13(20)10-3-1-2-4-12(10)21-14(16,17)18/h1-7H,19H2. The molecule has 3 nitrogen and oxygen atoms in total. The first kappa shape index (κ1) is 15.4. The van der Waals surface area contributed by atoms with Gasteiger partial charge < -0.3 is 10.5 Å². The van der Waals surface area contributed by atoms with Gasteiger partial charge in [0, 0.05) is 15.7 Å². The Balaban J connectivity index is 2.44. The quantitative estimate of drug-likeness (QED) is 0.661. The smallest absolute Gasteiger partial charge is 0.405 e. The number of para-hydroxylation sites is 1. The van der Waals surface area contributed by atoms with Gasteiger partial charge in [0.05, 0.1) is 5.56 Å². The second-order valence-electron chi connectivity index (χ2n) is 4.10. The van der Waals surface area contributed by atoms with Crippen molar-refractivity contribution in [2.75, 3.05) is 5.73 Å². The highest BCUT2D eigenvalue weighted by atomic mass is 79.9. The summed E-state index contributed by atoms with van der Waals surface area (Å²) in [5.74, 6) is -1.20. The van der Waals surface area contributed by atoms with Gasteiger partial charge in [0.2, 0.25) is 0 Å². The lowest BCUT2D eigenvalue weighted by Gasteiger charge is -2.13. The van der Waals surface area contributed by atoms with Gasteiger partial charge in [-0.05, 0) is 30.3 Å². The summed E-state index contributed by atoms with van der Waals surface area (Å²) in [4.78, 5) is 12.3. The number of halogens is 4. The Kier molecular flexibility index (Phi) is 4.22.